The molecular weight excluding hydrogens is 390 g/mol. The fourth-order valence-corrected chi connectivity index (χ4v) is 8.95. The highest BCUT2D eigenvalue weighted by Crippen LogP contribution is 2.55. The summed E-state index contributed by atoms with van der Waals surface area (Å²) < 4.78 is 2.23. The first kappa shape index (κ1) is 19.0. The van der Waals surface area contributed by atoms with Crippen molar-refractivity contribution < 1.29 is 4.79 Å². The third-order valence-corrected chi connectivity index (χ3v) is 9.55. The van der Waals surface area contributed by atoms with Gasteiger partial charge in [0.05, 0.1) is 6.04 Å². The normalized spacial score (nSPS) is 32.6. The molecule has 0 aromatic carbocycles. The molecular formula is C25H33N3OS. The van der Waals surface area contributed by atoms with Gasteiger partial charge in [0.2, 0.25) is 0 Å². The van der Waals surface area contributed by atoms with Crippen LogP contribution in [0.2, 0.25) is 0 Å². The Morgan fingerprint density at radius 3 is 2.37 bits per heavy atom. The van der Waals surface area contributed by atoms with Gasteiger partial charge < -0.3 is 15.2 Å². The molecule has 0 unspecified atom stereocenters. The van der Waals surface area contributed by atoms with Crippen molar-refractivity contribution in [1.82, 2.24) is 15.2 Å². The van der Waals surface area contributed by atoms with Crippen LogP contribution in [0, 0.1) is 17.8 Å². The molecule has 5 heteroatoms. The number of aryl methyl sites for hydroxylation is 1. The molecule has 4 saturated carbocycles. The van der Waals surface area contributed by atoms with Crippen molar-refractivity contribution >= 4 is 17.4 Å². The standard InChI is InChI=1S/C25H33N3OS/c1-16(22-20-6-2-3-7-21(20)30-23(22)28-8-4-5-9-28)26-24(29)27-25-13-17-10-18(14-25)12-19(11-17)15-25/h4-5,8-9,16-19H,2-3,6-7,10-15H2,1H3,(H2,26,27,29)/t16-,17?,18?,19?,25?/m0/s1. The van der Waals surface area contributed by atoms with E-state index in [0.717, 1.165) is 24.2 Å². The number of nitrogens with zero attached hydrogens (tertiary/aromatic N) is 1. The number of carbonyl (C=O) groups excluding carboxylic acids is 1. The van der Waals surface area contributed by atoms with Gasteiger partial charge in [0, 0.05) is 28.4 Å². The first-order valence-electron chi connectivity index (χ1n) is 11.9. The molecule has 2 aromatic rings. The highest BCUT2D eigenvalue weighted by molar-refractivity contribution is 7.15. The zero-order valence-electron chi connectivity index (χ0n) is 18.0. The second-order valence-corrected chi connectivity index (χ2v) is 11.6. The van der Waals surface area contributed by atoms with Crippen LogP contribution in [0.15, 0.2) is 24.5 Å². The summed E-state index contributed by atoms with van der Waals surface area (Å²) in [5.74, 6) is 2.54. The predicted molar refractivity (Wildman–Crippen MR) is 121 cm³/mol. The van der Waals surface area contributed by atoms with Crippen LogP contribution in [0.4, 0.5) is 4.79 Å². The van der Waals surface area contributed by atoms with E-state index in [1.165, 1.54) is 78.8 Å². The second-order valence-electron chi connectivity index (χ2n) is 10.5. The van der Waals surface area contributed by atoms with Crippen LogP contribution in [0.1, 0.15) is 80.3 Å². The van der Waals surface area contributed by atoms with Gasteiger partial charge in [-0.1, -0.05) is 0 Å². The molecule has 0 aliphatic heterocycles. The molecule has 2 aromatic heterocycles. The molecule has 0 radical (unpaired) electrons. The molecule has 4 bridgehead atoms. The number of fused-ring (bicyclic) bond motifs is 1. The number of urea groups is 1. The molecule has 1 atom stereocenters. The summed E-state index contributed by atoms with van der Waals surface area (Å²) in [5, 5.41) is 8.14. The van der Waals surface area contributed by atoms with Crippen LogP contribution in [-0.4, -0.2) is 16.1 Å². The number of thiophene rings is 1. The number of hydrogen-bond acceptors (Lipinski definition) is 2. The molecule has 2 amide bonds. The first-order valence-corrected chi connectivity index (χ1v) is 12.8. The summed E-state index contributed by atoms with van der Waals surface area (Å²) in [4.78, 5) is 14.7. The van der Waals surface area contributed by atoms with Gasteiger partial charge in [-0.15, -0.1) is 11.3 Å². The molecule has 2 heterocycles. The monoisotopic (exact) mass is 423 g/mol. The van der Waals surface area contributed by atoms with E-state index in [2.05, 4.69) is 46.7 Å². The second kappa shape index (κ2) is 7.15. The van der Waals surface area contributed by atoms with Crippen molar-refractivity contribution in [2.45, 2.75) is 82.7 Å². The van der Waals surface area contributed by atoms with E-state index in [4.69, 9.17) is 0 Å². The molecule has 160 valence electrons. The quantitative estimate of drug-likeness (QED) is 0.646. The zero-order valence-corrected chi connectivity index (χ0v) is 18.8. The Morgan fingerprint density at radius 2 is 1.70 bits per heavy atom. The maximum atomic E-state index is 13.2. The van der Waals surface area contributed by atoms with E-state index < -0.39 is 0 Å². The molecule has 4 fully saturated rings. The predicted octanol–water partition coefficient (Wildman–Crippen LogP) is 5.75. The van der Waals surface area contributed by atoms with Gasteiger partial charge in [0.25, 0.3) is 0 Å². The SMILES string of the molecule is C[C@H](NC(=O)NC12CC3CC(CC(C3)C1)C2)c1c(-n2cccc2)sc2c1CCCC2. The van der Waals surface area contributed by atoms with Gasteiger partial charge in [0.1, 0.15) is 5.00 Å². The van der Waals surface area contributed by atoms with E-state index in [1.54, 1.807) is 0 Å². The Bertz CT molecular complexity index is 909. The maximum absolute atomic E-state index is 13.2. The zero-order chi connectivity index (χ0) is 20.3. The summed E-state index contributed by atoms with van der Waals surface area (Å²) in [6.07, 6.45) is 16.9. The lowest BCUT2D eigenvalue weighted by Crippen LogP contribution is -2.61. The maximum Gasteiger partial charge on any atom is 0.315 e. The van der Waals surface area contributed by atoms with Crippen LogP contribution in [0.3, 0.4) is 0 Å². The number of hydrogen-bond donors (Lipinski definition) is 2. The number of aromatic nitrogens is 1. The Kier molecular flexibility index (Phi) is 4.52. The van der Waals surface area contributed by atoms with Crippen LogP contribution >= 0.6 is 11.3 Å². The van der Waals surface area contributed by atoms with E-state index in [1.807, 2.05) is 11.3 Å². The molecule has 7 rings (SSSR count). The van der Waals surface area contributed by atoms with Gasteiger partial charge in [-0.2, -0.15) is 0 Å². The fraction of sp³-hybridized carbons (Fsp3) is 0.640. The van der Waals surface area contributed by atoms with Crippen molar-refractivity contribution in [1.29, 1.82) is 0 Å². The van der Waals surface area contributed by atoms with Crippen LogP contribution in [0.25, 0.3) is 5.00 Å². The van der Waals surface area contributed by atoms with Crippen LogP contribution < -0.4 is 10.6 Å². The Hall–Kier alpha value is -1.75. The molecule has 5 aliphatic carbocycles. The molecule has 2 N–H and O–H groups in total. The average molecular weight is 424 g/mol. The van der Waals surface area contributed by atoms with Gasteiger partial charge in [-0.3, -0.25) is 0 Å². The minimum Gasteiger partial charge on any atom is -0.333 e. The van der Waals surface area contributed by atoms with Crippen LogP contribution in [0.5, 0.6) is 0 Å². The largest absolute Gasteiger partial charge is 0.333 e. The van der Waals surface area contributed by atoms with Gasteiger partial charge in [-0.05, 0) is 107 Å². The Balaban J connectivity index is 1.23. The molecule has 0 saturated heterocycles. The van der Waals surface area contributed by atoms with Crippen molar-refractivity contribution in [3.8, 4) is 5.00 Å². The van der Waals surface area contributed by atoms with E-state index in [-0.39, 0.29) is 17.6 Å². The number of rotatable bonds is 4. The Labute approximate surface area is 183 Å². The highest BCUT2D eigenvalue weighted by atomic mass is 32.1. The van der Waals surface area contributed by atoms with Crippen LogP contribution in [-0.2, 0) is 12.8 Å². The topological polar surface area (TPSA) is 46.1 Å². The van der Waals surface area contributed by atoms with E-state index in [0.29, 0.717) is 0 Å². The lowest BCUT2D eigenvalue weighted by atomic mass is 9.53. The summed E-state index contributed by atoms with van der Waals surface area (Å²) in [5.41, 5.74) is 2.90. The third-order valence-electron chi connectivity index (χ3n) is 8.23. The number of nitrogens with one attached hydrogen (secondary N) is 2. The van der Waals surface area contributed by atoms with E-state index in [9.17, 15) is 4.79 Å². The minimum atomic E-state index is 0.0226. The smallest absolute Gasteiger partial charge is 0.315 e. The first-order chi connectivity index (χ1) is 14.6. The summed E-state index contributed by atoms with van der Waals surface area (Å²) in [6.45, 7) is 2.17. The highest BCUT2D eigenvalue weighted by Gasteiger charge is 2.51. The number of carbonyl (C=O) groups is 1. The minimum absolute atomic E-state index is 0.0226. The molecule has 5 aliphatic rings. The summed E-state index contributed by atoms with van der Waals surface area (Å²) in [7, 11) is 0. The van der Waals surface area contributed by atoms with Crippen molar-refractivity contribution in [2.75, 3.05) is 0 Å². The number of amides is 2. The van der Waals surface area contributed by atoms with E-state index >= 15 is 0 Å². The van der Waals surface area contributed by atoms with Gasteiger partial charge >= 0.3 is 6.03 Å². The van der Waals surface area contributed by atoms with Crippen molar-refractivity contribution in [3.63, 3.8) is 0 Å². The fourth-order valence-electron chi connectivity index (χ4n) is 7.49. The lowest BCUT2D eigenvalue weighted by molar-refractivity contribution is -0.0136. The molecule has 4 nitrogen and oxygen atoms in total. The summed E-state index contributed by atoms with van der Waals surface area (Å²) >= 11 is 1.92. The van der Waals surface area contributed by atoms with Crippen molar-refractivity contribution in [2.24, 2.45) is 17.8 Å². The van der Waals surface area contributed by atoms with Crippen molar-refractivity contribution in [3.05, 3.63) is 40.5 Å². The molecule has 30 heavy (non-hydrogen) atoms. The molecule has 0 spiro atoms. The van der Waals surface area contributed by atoms with Gasteiger partial charge in [0.15, 0.2) is 0 Å². The summed E-state index contributed by atoms with van der Waals surface area (Å²) in [6, 6.07) is 4.23. The third kappa shape index (κ3) is 3.21. The lowest BCUT2D eigenvalue weighted by Gasteiger charge is -2.56. The Morgan fingerprint density at radius 1 is 1.07 bits per heavy atom. The average Bonchev–Trinajstić information content (AvgIpc) is 3.34. The van der Waals surface area contributed by atoms with Gasteiger partial charge in [-0.25, -0.2) is 4.79 Å².